The molecular weight excluding hydrogens is 330 g/mol. The summed E-state index contributed by atoms with van der Waals surface area (Å²) in [4.78, 5) is 15.9. The number of nitrogens with zero attached hydrogens (tertiary/aromatic N) is 1. The number of nitrogens with one attached hydrogen (secondary N) is 2. The summed E-state index contributed by atoms with van der Waals surface area (Å²) >= 11 is 0. The number of ether oxygens (including phenoxy) is 1. The van der Waals surface area contributed by atoms with E-state index in [0.717, 1.165) is 0 Å². The molecule has 7 nitrogen and oxygen atoms in total. The first-order chi connectivity index (χ1) is 11.4. The molecule has 0 radical (unpaired) electrons. The molecule has 1 aliphatic rings. The zero-order valence-corrected chi connectivity index (χ0v) is 14.0. The number of rotatable bonds is 4. The minimum atomic E-state index is -3.77. The van der Waals surface area contributed by atoms with Gasteiger partial charge in [0.25, 0.3) is 5.91 Å². The van der Waals surface area contributed by atoms with Crippen LogP contribution in [-0.2, 0) is 14.8 Å². The van der Waals surface area contributed by atoms with Crippen LogP contribution in [0.25, 0.3) is 0 Å². The van der Waals surface area contributed by atoms with Crippen LogP contribution < -0.4 is 14.8 Å². The highest BCUT2D eigenvalue weighted by atomic mass is 32.2. The van der Waals surface area contributed by atoms with Gasteiger partial charge in [-0.3, -0.25) is 9.78 Å². The molecule has 0 bridgehead atoms. The maximum absolute atomic E-state index is 12.6. The van der Waals surface area contributed by atoms with Gasteiger partial charge < -0.3 is 10.1 Å². The highest BCUT2D eigenvalue weighted by Crippen LogP contribution is 2.32. The van der Waals surface area contributed by atoms with Crippen molar-refractivity contribution in [3.05, 3.63) is 48.3 Å². The van der Waals surface area contributed by atoms with Crippen LogP contribution in [0, 0.1) is 0 Å². The van der Waals surface area contributed by atoms with Gasteiger partial charge in [-0.2, -0.15) is 0 Å². The van der Waals surface area contributed by atoms with Crippen molar-refractivity contribution in [2.75, 3.05) is 5.32 Å². The molecule has 3 rings (SSSR count). The number of carbonyl (C=O) groups excluding carboxylic acids is 1. The van der Waals surface area contributed by atoms with Crippen molar-refractivity contribution < 1.29 is 17.9 Å². The molecule has 2 aromatic rings. The normalized spacial score (nSPS) is 18.2. The summed E-state index contributed by atoms with van der Waals surface area (Å²) in [7, 11) is -3.77. The number of fused-ring (bicyclic) bond motifs is 1. The van der Waals surface area contributed by atoms with Gasteiger partial charge in [0.15, 0.2) is 6.10 Å². The second kappa shape index (κ2) is 6.21. The SMILES string of the molecule is CC1Oc2ccc(S(=O)(=O)NC(C)c3ccccn3)cc2NC1=O. The lowest BCUT2D eigenvalue weighted by atomic mass is 10.2. The third-order valence-electron chi connectivity index (χ3n) is 3.66. The van der Waals surface area contributed by atoms with Gasteiger partial charge >= 0.3 is 0 Å². The zero-order valence-electron chi connectivity index (χ0n) is 13.2. The van der Waals surface area contributed by atoms with Crippen LogP contribution in [0.3, 0.4) is 0 Å². The van der Waals surface area contributed by atoms with Crippen LogP contribution in [0.4, 0.5) is 5.69 Å². The van der Waals surface area contributed by atoms with E-state index in [2.05, 4.69) is 15.0 Å². The van der Waals surface area contributed by atoms with Crippen molar-refractivity contribution in [2.24, 2.45) is 0 Å². The van der Waals surface area contributed by atoms with E-state index in [1.165, 1.54) is 18.2 Å². The fourth-order valence-electron chi connectivity index (χ4n) is 2.35. The molecule has 1 aliphatic heterocycles. The average Bonchev–Trinajstić information content (AvgIpc) is 2.56. The lowest BCUT2D eigenvalue weighted by molar-refractivity contribution is -0.122. The van der Waals surface area contributed by atoms with Crippen LogP contribution in [-0.4, -0.2) is 25.4 Å². The van der Waals surface area contributed by atoms with E-state index >= 15 is 0 Å². The van der Waals surface area contributed by atoms with E-state index in [0.29, 0.717) is 17.1 Å². The summed E-state index contributed by atoms with van der Waals surface area (Å²) in [5.41, 5.74) is 0.955. The standard InChI is InChI=1S/C16H17N3O4S/c1-10(13-5-3-4-8-17-13)19-24(21,22)12-6-7-15-14(9-12)18-16(20)11(2)23-15/h3-11,19H,1-2H3,(H,18,20). The maximum Gasteiger partial charge on any atom is 0.265 e. The predicted molar refractivity (Wildman–Crippen MR) is 88.1 cm³/mol. The molecule has 1 aromatic carbocycles. The van der Waals surface area contributed by atoms with E-state index in [1.54, 1.807) is 38.2 Å². The predicted octanol–water partition coefficient (Wildman–Crippen LogP) is 1.84. The Bertz CT molecular complexity index is 868. The second-order valence-corrected chi connectivity index (χ2v) is 7.22. The van der Waals surface area contributed by atoms with E-state index in [9.17, 15) is 13.2 Å². The van der Waals surface area contributed by atoms with Crippen molar-refractivity contribution >= 4 is 21.6 Å². The maximum atomic E-state index is 12.6. The van der Waals surface area contributed by atoms with E-state index in [1.807, 2.05) is 0 Å². The third kappa shape index (κ3) is 3.24. The topological polar surface area (TPSA) is 97.4 Å². The summed E-state index contributed by atoms with van der Waals surface area (Å²) in [6, 6.07) is 9.17. The summed E-state index contributed by atoms with van der Waals surface area (Å²) < 4.78 is 33.1. The number of aromatic nitrogens is 1. The molecule has 0 spiro atoms. The largest absolute Gasteiger partial charge is 0.479 e. The summed E-state index contributed by atoms with van der Waals surface area (Å²) in [5, 5.41) is 2.64. The van der Waals surface area contributed by atoms with Crippen LogP contribution >= 0.6 is 0 Å². The minimum Gasteiger partial charge on any atom is -0.479 e. The van der Waals surface area contributed by atoms with Gasteiger partial charge in [0.2, 0.25) is 10.0 Å². The highest BCUT2D eigenvalue weighted by Gasteiger charge is 2.26. The van der Waals surface area contributed by atoms with E-state index in [4.69, 9.17) is 4.74 Å². The van der Waals surface area contributed by atoms with Crippen molar-refractivity contribution in [3.63, 3.8) is 0 Å². The van der Waals surface area contributed by atoms with Gasteiger partial charge in [0.05, 0.1) is 22.3 Å². The Morgan fingerprint density at radius 1 is 1.29 bits per heavy atom. The van der Waals surface area contributed by atoms with Crippen LogP contribution in [0.1, 0.15) is 25.6 Å². The molecule has 24 heavy (non-hydrogen) atoms. The monoisotopic (exact) mass is 347 g/mol. The van der Waals surface area contributed by atoms with Gasteiger partial charge in [-0.15, -0.1) is 0 Å². The van der Waals surface area contributed by atoms with Crippen molar-refractivity contribution in [1.29, 1.82) is 0 Å². The molecule has 2 N–H and O–H groups in total. The van der Waals surface area contributed by atoms with Gasteiger partial charge in [0.1, 0.15) is 5.75 Å². The summed E-state index contributed by atoms with van der Waals surface area (Å²) in [5.74, 6) is 0.130. The number of hydrogen-bond acceptors (Lipinski definition) is 5. The Labute approximate surface area is 140 Å². The highest BCUT2D eigenvalue weighted by molar-refractivity contribution is 7.89. The molecule has 2 atom stereocenters. The molecule has 8 heteroatoms. The Morgan fingerprint density at radius 3 is 2.79 bits per heavy atom. The number of pyridine rings is 1. The first-order valence-electron chi connectivity index (χ1n) is 7.41. The zero-order chi connectivity index (χ0) is 17.3. The molecule has 126 valence electrons. The first kappa shape index (κ1) is 16.4. The minimum absolute atomic E-state index is 0.0440. The molecule has 1 amide bonds. The lowest BCUT2D eigenvalue weighted by Gasteiger charge is -2.23. The number of carbonyl (C=O) groups is 1. The molecule has 0 saturated heterocycles. The number of amides is 1. The quantitative estimate of drug-likeness (QED) is 0.879. The van der Waals surface area contributed by atoms with E-state index in [-0.39, 0.29) is 10.8 Å². The van der Waals surface area contributed by atoms with Crippen LogP contribution in [0.2, 0.25) is 0 Å². The average molecular weight is 347 g/mol. The number of hydrogen-bond donors (Lipinski definition) is 2. The summed E-state index contributed by atoms with van der Waals surface area (Å²) in [6.45, 7) is 3.34. The van der Waals surface area contributed by atoms with Crippen LogP contribution in [0.5, 0.6) is 5.75 Å². The van der Waals surface area contributed by atoms with Gasteiger partial charge in [0, 0.05) is 6.20 Å². The lowest BCUT2D eigenvalue weighted by Crippen LogP contribution is -2.34. The van der Waals surface area contributed by atoms with E-state index < -0.39 is 22.2 Å². The fourth-order valence-corrected chi connectivity index (χ4v) is 3.59. The first-order valence-corrected chi connectivity index (χ1v) is 8.90. The number of sulfonamides is 1. The third-order valence-corrected chi connectivity index (χ3v) is 5.19. The van der Waals surface area contributed by atoms with Crippen molar-refractivity contribution in [3.8, 4) is 5.75 Å². The second-order valence-electron chi connectivity index (χ2n) is 5.50. The van der Waals surface area contributed by atoms with Crippen molar-refractivity contribution in [1.82, 2.24) is 9.71 Å². The van der Waals surface area contributed by atoms with Crippen LogP contribution in [0.15, 0.2) is 47.5 Å². The van der Waals surface area contributed by atoms with Gasteiger partial charge in [-0.1, -0.05) is 6.07 Å². The Morgan fingerprint density at radius 2 is 2.08 bits per heavy atom. The Balaban J connectivity index is 1.85. The Kier molecular flexibility index (Phi) is 4.25. The molecule has 1 aromatic heterocycles. The molecular formula is C16H17N3O4S. The van der Waals surface area contributed by atoms with Crippen molar-refractivity contribution in [2.45, 2.75) is 30.9 Å². The Hall–Kier alpha value is -2.45. The molecule has 0 fully saturated rings. The number of anilines is 1. The van der Waals surface area contributed by atoms with Gasteiger partial charge in [-0.25, -0.2) is 13.1 Å². The molecule has 0 aliphatic carbocycles. The van der Waals surface area contributed by atoms with Gasteiger partial charge in [-0.05, 0) is 44.2 Å². The fraction of sp³-hybridized carbons (Fsp3) is 0.250. The molecule has 2 unspecified atom stereocenters. The number of benzene rings is 1. The smallest absolute Gasteiger partial charge is 0.265 e. The molecule has 2 heterocycles. The molecule has 0 saturated carbocycles. The summed E-state index contributed by atoms with van der Waals surface area (Å²) in [6.07, 6.45) is 0.995.